The van der Waals surface area contributed by atoms with Gasteiger partial charge in [-0.1, -0.05) is 63.9 Å². The average Bonchev–Trinajstić information content (AvgIpc) is 3.57. The van der Waals surface area contributed by atoms with Crippen LogP contribution in [0.3, 0.4) is 0 Å². The van der Waals surface area contributed by atoms with Crippen molar-refractivity contribution in [1.82, 2.24) is 15.5 Å². The largest absolute Gasteiger partial charge is 0.479 e. The third-order valence-electron chi connectivity index (χ3n) is 11.2. The molecule has 2 aliphatic heterocycles. The number of ether oxygens (including phenoxy) is 3. The number of hydrogen-bond donors (Lipinski definition) is 9. The molecule has 60 heavy (non-hydrogen) atoms. The molecule has 1 aromatic rings. The fourth-order valence-electron chi connectivity index (χ4n) is 8.16. The van der Waals surface area contributed by atoms with E-state index in [0.717, 1.165) is 12.8 Å². The molecule has 3 amide bonds. The topological polar surface area (TPSA) is 306 Å². The van der Waals surface area contributed by atoms with E-state index in [1.807, 2.05) is 20.8 Å². The van der Waals surface area contributed by atoms with Gasteiger partial charge in [-0.05, 0) is 62.3 Å². The predicted octanol–water partition coefficient (Wildman–Crippen LogP) is -0.560. The molecule has 4 rings (SSSR count). The maximum Gasteiger partial charge on any atom is 0.335 e. The van der Waals surface area contributed by atoms with E-state index < -0.39 is 103 Å². The molecule has 0 aromatic heterocycles. The first-order valence-corrected chi connectivity index (χ1v) is 21.0. The van der Waals surface area contributed by atoms with Gasteiger partial charge >= 0.3 is 11.9 Å². The summed E-state index contributed by atoms with van der Waals surface area (Å²) >= 11 is 0. The van der Waals surface area contributed by atoms with Crippen LogP contribution >= 0.6 is 0 Å². The van der Waals surface area contributed by atoms with Crippen molar-refractivity contribution in [1.29, 1.82) is 0 Å². The lowest BCUT2D eigenvalue weighted by atomic mass is 9.80. The van der Waals surface area contributed by atoms with Crippen molar-refractivity contribution in [2.24, 2.45) is 28.3 Å². The van der Waals surface area contributed by atoms with Crippen LogP contribution in [-0.2, 0) is 44.6 Å². The van der Waals surface area contributed by atoms with Crippen molar-refractivity contribution < 1.29 is 63.7 Å². The Hall–Kier alpha value is -4.40. The van der Waals surface area contributed by atoms with E-state index in [2.05, 4.69) is 15.6 Å². The number of carbonyl (C=O) groups is 5. The van der Waals surface area contributed by atoms with Crippen LogP contribution in [0.25, 0.3) is 0 Å². The number of nitrogens with zero attached hydrogens (tertiary/aromatic N) is 2. The van der Waals surface area contributed by atoms with Crippen LogP contribution in [0.4, 0.5) is 0 Å². The predicted molar refractivity (Wildman–Crippen MR) is 215 cm³/mol. The van der Waals surface area contributed by atoms with Gasteiger partial charge in [0.25, 0.3) is 0 Å². The number of fused-ring (bicyclic) bond motifs is 1. The zero-order chi connectivity index (χ0) is 44.1. The molecule has 0 spiro atoms. The molecule has 3 aliphatic rings. The van der Waals surface area contributed by atoms with E-state index in [0.29, 0.717) is 31.4 Å². The van der Waals surface area contributed by atoms with Gasteiger partial charge in [-0.2, -0.15) is 0 Å². The summed E-state index contributed by atoms with van der Waals surface area (Å²) in [6.07, 6.45) is -9.55. The number of nitrogens with two attached hydrogens (primary N) is 2. The van der Waals surface area contributed by atoms with Crippen LogP contribution in [0.15, 0.2) is 35.3 Å². The summed E-state index contributed by atoms with van der Waals surface area (Å²) in [6, 6.07) is 5.92. The molecule has 0 radical (unpaired) electrons. The standard InChI is InChI=1S/C41H64N6O13/c1-4-5-7-14-31(49)58-29-20-24-19-27(36(53)44-15-10-11-16-45-41(42)43)47(26(24)21-30(29)59-40-34(52)32(50)33(51)35(60-40)39(56)57)38(55)25(17-22(2)3)46-37(54)28(48)18-23-12-8-6-9-13-23/h6,8-9,12-13,22,24-30,32-35,40,48,50-52H,4-5,7,10-11,14-21H2,1-3H3,(H,44,53)(H,46,54)(H,56,57)(H4,42,43,45)/t24-,25+,26-,27+,28+,29+,30+,32+,33+,34+,35+,40-/m1/s1. The Labute approximate surface area is 350 Å². The number of carboxylic acids is 1. The number of esters is 1. The number of guanidine groups is 1. The number of amides is 3. The molecule has 1 saturated carbocycles. The van der Waals surface area contributed by atoms with Gasteiger partial charge in [0.1, 0.15) is 42.6 Å². The molecule has 12 atom stereocenters. The maximum absolute atomic E-state index is 14.9. The van der Waals surface area contributed by atoms with E-state index in [1.54, 1.807) is 30.3 Å². The normalized spacial score (nSPS) is 28.6. The Morgan fingerprint density at radius 3 is 2.32 bits per heavy atom. The first kappa shape index (κ1) is 48.3. The van der Waals surface area contributed by atoms with Crippen molar-refractivity contribution in [2.75, 3.05) is 13.1 Å². The third kappa shape index (κ3) is 13.3. The van der Waals surface area contributed by atoms with Crippen molar-refractivity contribution in [3.63, 3.8) is 0 Å². The number of aliphatic imine (C=N–C) groups is 1. The van der Waals surface area contributed by atoms with Crippen LogP contribution in [-0.4, -0.2) is 146 Å². The number of nitrogens with one attached hydrogen (secondary N) is 2. The quantitative estimate of drug-likeness (QED) is 0.0324. The zero-order valence-corrected chi connectivity index (χ0v) is 34.6. The van der Waals surface area contributed by atoms with Crippen molar-refractivity contribution >= 4 is 35.6 Å². The maximum atomic E-state index is 14.9. The van der Waals surface area contributed by atoms with Crippen LogP contribution in [0.2, 0.25) is 0 Å². The molecule has 2 saturated heterocycles. The Kier molecular flexibility index (Phi) is 18.5. The van der Waals surface area contributed by atoms with Gasteiger partial charge in [0.15, 0.2) is 18.4 Å². The Morgan fingerprint density at radius 2 is 1.67 bits per heavy atom. The summed E-state index contributed by atoms with van der Waals surface area (Å²) in [6.45, 7) is 6.30. The highest BCUT2D eigenvalue weighted by Gasteiger charge is 2.55. The van der Waals surface area contributed by atoms with Gasteiger partial charge in [0.05, 0.1) is 6.10 Å². The van der Waals surface area contributed by atoms with Gasteiger partial charge in [-0.25, -0.2) is 4.79 Å². The summed E-state index contributed by atoms with van der Waals surface area (Å²) in [7, 11) is 0. The summed E-state index contributed by atoms with van der Waals surface area (Å²) in [5.74, 6) is -4.57. The van der Waals surface area contributed by atoms with E-state index in [9.17, 15) is 49.5 Å². The molecular weight excluding hydrogens is 784 g/mol. The second-order valence-corrected chi connectivity index (χ2v) is 16.4. The lowest BCUT2D eigenvalue weighted by molar-refractivity contribution is -0.314. The number of aliphatic hydroxyl groups is 4. The highest BCUT2D eigenvalue weighted by Crippen LogP contribution is 2.43. The Morgan fingerprint density at radius 1 is 0.950 bits per heavy atom. The Balaban J connectivity index is 1.66. The minimum absolute atomic E-state index is 0.000980. The number of likely N-dealkylation sites (tertiary alicyclic amines) is 1. The zero-order valence-electron chi connectivity index (χ0n) is 34.6. The summed E-state index contributed by atoms with van der Waals surface area (Å²) in [5.41, 5.74) is 11.5. The summed E-state index contributed by atoms with van der Waals surface area (Å²) in [5, 5.41) is 57.9. The number of carboxylic acid groups (broad SMARTS) is 1. The first-order chi connectivity index (χ1) is 28.5. The molecule has 336 valence electrons. The SMILES string of the molecule is CCCCCC(=O)O[C@H]1C[C@H]2C[C@@H](C(=O)NCCCCN=C(N)N)N(C(=O)[C@H](CC(C)C)NC(=O)[C@@H](O)Cc3ccccc3)[C@@H]2C[C@@H]1O[C@@H]1O[C@H](C(=O)O)[C@@H](O)[C@H](O)[C@@H]1O. The average molecular weight is 849 g/mol. The fourth-order valence-corrected chi connectivity index (χ4v) is 8.16. The lowest BCUT2D eigenvalue weighted by Gasteiger charge is -2.45. The molecule has 19 nitrogen and oxygen atoms in total. The second kappa shape index (κ2) is 23.0. The number of hydrogen-bond acceptors (Lipinski definition) is 13. The highest BCUT2D eigenvalue weighted by atomic mass is 16.7. The van der Waals surface area contributed by atoms with Crippen molar-refractivity contribution in [3.05, 3.63) is 35.9 Å². The lowest BCUT2D eigenvalue weighted by Crippen LogP contribution is -2.62. The molecule has 0 unspecified atom stereocenters. The first-order valence-electron chi connectivity index (χ1n) is 21.0. The van der Waals surface area contributed by atoms with Crippen molar-refractivity contribution in [3.8, 4) is 0 Å². The molecule has 0 bridgehead atoms. The second-order valence-electron chi connectivity index (χ2n) is 16.4. The molecule has 3 fully saturated rings. The molecule has 11 N–H and O–H groups in total. The van der Waals surface area contributed by atoms with Crippen LogP contribution in [0, 0.1) is 11.8 Å². The number of carbonyl (C=O) groups excluding carboxylic acids is 4. The molecule has 19 heteroatoms. The van der Waals surface area contributed by atoms with E-state index in [1.165, 1.54) is 4.90 Å². The van der Waals surface area contributed by atoms with E-state index in [4.69, 9.17) is 25.7 Å². The van der Waals surface area contributed by atoms with Gasteiger partial charge in [-0.3, -0.25) is 24.2 Å². The Bertz CT molecular complexity index is 1610. The van der Waals surface area contributed by atoms with Gasteiger partial charge in [0, 0.05) is 32.0 Å². The molecule has 1 aromatic carbocycles. The van der Waals surface area contributed by atoms with E-state index >= 15 is 0 Å². The smallest absolute Gasteiger partial charge is 0.335 e. The van der Waals surface area contributed by atoms with Gasteiger partial charge in [0.2, 0.25) is 17.7 Å². The molecule has 1 aliphatic carbocycles. The summed E-state index contributed by atoms with van der Waals surface area (Å²) < 4.78 is 17.5. The number of aliphatic carboxylic acids is 1. The molecular formula is C41H64N6O13. The number of aliphatic hydroxyl groups excluding tert-OH is 4. The fraction of sp³-hybridized carbons (Fsp3) is 0.707. The monoisotopic (exact) mass is 848 g/mol. The number of unbranched alkanes of at least 4 members (excludes halogenated alkanes) is 3. The van der Waals surface area contributed by atoms with E-state index in [-0.39, 0.29) is 56.9 Å². The third-order valence-corrected chi connectivity index (χ3v) is 11.2. The van der Waals surface area contributed by atoms with Gasteiger partial charge < -0.3 is 66.7 Å². The highest BCUT2D eigenvalue weighted by molar-refractivity contribution is 5.93. The minimum atomic E-state index is -1.98. The van der Waals surface area contributed by atoms with Crippen molar-refractivity contribution in [2.45, 2.75) is 159 Å². The minimum Gasteiger partial charge on any atom is -0.479 e. The summed E-state index contributed by atoms with van der Waals surface area (Å²) in [4.78, 5) is 72.9. The van der Waals surface area contributed by atoms with Crippen LogP contribution < -0.4 is 22.1 Å². The van der Waals surface area contributed by atoms with Crippen LogP contribution in [0.1, 0.15) is 90.5 Å². The van der Waals surface area contributed by atoms with Crippen LogP contribution in [0.5, 0.6) is 0 Å². The van der Waals surface area contributed by atoms with Gasteiger partial charge in [-0.15, -0.1) is 0 Å². The number of rotatable bonds is 21. The molecule has 2 heterocycles. The number of benzene rings is 1.